The van der Waals surface area contributed by atoms with Gasteiger partial charge in [0.05, 0.1) is 13.7 Å². The SMILES string of the molecule is CCOC(=O)C(=O)C(C(=O)OC)=P(c1ccccc1)(c1ccccc1)c1ccccc1. The third-order valence-corrected chi connectivity index (χ3v) is 9.10. The van der Waals surface area contributed by atoms with Crippen molar-refractivity contribution in [2.24, 2.45) is 0 Å². The lowest BCUT2D eigenvalue weighted by molar-refractivity contribution is -0.151. The predicted octanol–water partition coefficient (Wildman–Crippen LogP) is 2.46. The van der Waals surface area contributed by atoms with Gasteiger partial charge < -0.3 is 9.47 Å². The van der Waals surface area contributed by atoms with Crippen molar-refractivity contribution in [1.82, 2.24) is 0 Å². The average molecular weight is 434 g/mol. The van der Waals surface area contributed by atoms with Gasteiger partial charge in [0.2, 0.25) is 0 Å². The summed E-state index contributed by atoms with van der Waals surface area (Å²) in [6.45, 7) is -1.45. The minimum absolute atomic E-state index is 0.0203. The summed E-state index contributed by atoms with van der Waals surface area (Å²) >= 11 is 0. The molecule has 0 aliphatic rings. The first-order chi connectivity index (χ1) is 15.1. The molecule has 0 radical (unpaired) electrons. The number of esters is 2. The molecule has 0 fully saturated rings. The highest BCUT2D eigenvalue weighted by Crippen LogP contribution is 2.46. The van der Waals surface area contributed by atoms with Gasteiger partial charge in [-0.1, -0.05) is 91.0 Å². The molecule has 0 aliphatic carbocycles. The summed E-state index contributed by atoms with van der Waals surface area (Å²) in [6, 6.07) is 27.9. The minimum atomic E-state index is -3.08. The van der Waals surface area contributed by atoms with Crippen LogP contribution in [0.1, 0.15) is 6.92 Å². The normalized spacial score (nSPS) is 10.8. The van der Waals surface area contributed by atoms with Crippen molar-refractivity contribution >= 4 is 45.8 Å². The third-order valence-electron chi connectivity index (χ3n) is 4.82. The second-order valence-corrected chi connectivity index (χ2v) is 9.91. The Balaban J connectivity index is 2.61. The van der Waals surface area contributed by atoms with E-state index >= 15 is 0 Å². The fourth-order valence-electron chi connectivity index (χ4n) is 3.56. The molecule has 3 aromatic rings. The second-order valence-electron chi connectivity index (χ2n) is 6.57. The maximum atomic E-state index is 13.4. The molecule has 0 atom stereocenters. The van der Waals surface area contributed by atoms with Crippen LogP contribution < -0.4 is 15.9 Å². The van der Waals surface area contributed by atoms with E-state index in [-0.39, 0.29) is 11.9 Å². The zero-order valence-electron chi connectivity index (χ0n) is 17.4. The molecule has 158 valence electrons. The smallest absolute Gasteiger partial charge is 0.380 e. The van der Waals surface area contributed by atoms with Gasteiger partial charge in [-0.15, -0.1) is 0 Å². The molecule has 0 aromatic heterocycles. The summed E-state index contributed by atoms with van der Waals surface area (Å²) in [6.07, 6.45) is 0. The Kier molecular flexibility index (Phi) is 7.22. The highest BCUT2D eigenvalue weighted by atomic mass is 31.2. The molecule has 0 spiro atoms. The van der Waals surface area contributed by atoms with Crippen molar-refractivity contribution in [3.8, 4) is 0 Å². The molecule has 0 bridgehead atoms. The molecule has 6 heteroatoms. The van der Waals surface area contributed by atoms with Crippen LogP contribution in [0.15, 0.2) is 91.0 Å². The maximum absolute atomic E-state index is 13.4. The van der Waals surface area contributed by atoms with Crippen LogP contribution in [0.25, 0.3) is 0 Å². The van der Waals surface area contributed by atoms with E-state index in [1.807, 2.05) is 91.0 Å². The Morgan fingerprint density at radius 1 is 0.677 bits per heavy atom. The summed E-state index contributed by atoms with van der Waals surface area (Å²) in [5.41, 5.74) is 0. The fraction of sp³-hybridized carbons (Fsp3) is 0.120. The fourth-order valence-corrected chi connectivity index (χ4v) is 7.85. The van der Waals surface area contributed by atoms with Crippen molar-refractivity contribution < 1.29 is 23.9 Å². The molecule has 3 aromatic carbocycles. The van der Waals surface area contributed by atoms with E-state index in [1.165, 1.54) is 7.11 Å². The largest absolute Gasteiger partial charge is 0.465 e. The van der Waals surface area contributed by atoms with Crippen LogP contribution >= 0.6 is 6.89 Å². The maximum Gasteiger partial charge on any atom is 0.380 e. The number of hydrogen-bond donors (Lipinski definition) is 0. The Morgan fingerprint density at radius 2 is 1.06 bits per heavy atom. The predicted molar refractivity (Wildman–Crippen MR) is 124 cm³/mol. The number of Topliss-reactive ketones (excluding diaryl/α,β-unsaturated/α-hetero) is 1. The van der Waals surface area contributed by atoms with Crippen molar-refractivity contribution in [2.45, 2.75) is 6.92 Å². The molecule has 0 N–H and O–H groups in total. The molecule has 0 saturated heterocycles. The zero-order valence-corrected chi connectivity index (χ0v) is 18.3. The summed E-state index contributed by atoms with van der Waals surface area (Å²) in [4.78, 5) is 39.1. The van der Waals surface area contributed by atoms with E-state index in [2.05, 4.69) is 0 Å². The molecule has 0 heterocycles. The molecule has 31 heavy (non-hydrogen) atoms. The Hall–Kier alpha value is -3.43. The topological polar surface area (TPSA) is 69.7 Å². The van der Waals surface area contributed by atoms with Gasteiger partial charge in [-0.3, -0.25) is 4.79 Å². The monoisotopic (exact) mass is 434 g/mol. The first kappa shape index (κ1) is 22.3. The van der Waals surface area contributed by atoms with Crippen LogP contribution in [-0.4, -0.2) is 36.7 Å². The third kappa shape index (κ3) is 4.23. The molecular weight excluding hydrogens is 411 g/mol. The Labute approximate surface area is 181 Å². The van der Waals surface area contributed by atoms with Gasteiger partial charge in [-0.25, -0.2) is 9.59 Å². The molecular formula is C25H23O5P. The van der Waals surface area contributed by atoms with Crippen molar-refractivity contribution in [2.75, 3.05) is 13.7 Å². The van der Waals surface area contributed by atoms with E-state index in [1.54, 1.807) is 6.92 Å². The summed E-state index contributed by atoms with van der Waals surface area (Å²) in [5.74, 6) is -2.91. The van der Waals surface area contributed by atoms with Crippen molar-refractivity contribution in [3.05, 3.63) is 91.0 Å². The lowest BCUT2D eigenvalue weighted by atomic mass is 10.3. The lowest BCUT2D eigenvalue weighted by Crippen LogP contribution is -2.41. The number of hydrogen-bond acceptors (Lipinski definition) is 5. The van der Waals surface area contributed by atoms with Crippen LogP contribution in [0.2, 0.25) is 0 Å². The number of ether oxygens (including phenoxy) is 2. The van der Waals surface area contributed by atoms with E-state index in [0.29, 0.717) is 0 Å². The Bertz CT molecular complexity index is 1020. The van der Waals surface area contributed by atoms with E-state index < -0.39 is 24.6 Å². The van der Waals surface area contributed by atoms with Crippen LogP contribution in [-0.2, 0) is 23.9 Å². The van der Waals surface area contributed by atoms with E-state index in [4.69, 9.17) is 9.47 Å². The van der Waals surface area contributed by atoms with Gasteiger partial charge in [-0.2, -0.15) is 0 Å². The molecule has 0 amide bonds. The van der Waals surface area contributed by atoms with Gasteiger partial charge in [0.25, 0.3) is 5.78 Å². The number of rotatable bonds is 7. The number of carbonyl (C=O) groups excluding carboxylic acids is 3. The van der Waals surface area contributed by atoms with Gasteiger partial charge >= 0.3 is 11.9 Å². The quantitative estimate of drug-likeness (QED) is 0.247. The van der Waals surface area contributed by atoms with Gasteiger partial charge in [0.1, 0.15) is 5.29 Å². The lowest BCUT2D eigenvalue weighted by Gasteiger charge is -2.31. The highest BCUT2D eigenvalue weighted by molar-refractivity contribution is 7.98. The summed E-state index contributed by atoms with van der Waals surface area (Å²) < 4.78 is 10.0. The molecule has 3 rings (SSSR count). The molecule has 0 unspecified atom stereocenters. The van der Waals surface area contributed by atoms with Crippen molar-refractivity contribution in [3.63, 3.8) is 0 Å². The van der Waals surface area contributed by atoms with E-state index in [9.17, 15) is 14.4 Å². The van der Waals surface area contributed by atoms with Crippen molar-refractivity contribution in [1.29, 1.82) is 0 Å². The van der Waals surface area contributed by atoms with Gasteiger partial charge in [-0.05, 0) is 29.7 Å². The summed E-state index contributed by atoms with van der Waals surface area (Å²) in [5, 5.41) is 2.05. The first-order valence-electron chi connectivity index (χ1n) is 9.80. The van der Waals surface area contributed by atoms with Gasteiger partial charge in [0.15, 0.2) is 0 Å². The molecule has 0 saturated carbocycles. The van der Waals surface area contributed by atoms with Crippen LogP contribution in [0.3, 0.4) is 0 Å². The minimum Gasteiger partial charge on any atom is -0.465 e. The highest BCUT2D eigenvalue weighted by Gasteiger charge is 2.40. The number of benzene rings is 3. The first-order valence-corrected chi connectivity index (χ1v) is 11.6. The van der Waals surface area contributed by atoms with Crippen LogP contribution in [0, 0.1) is 0 Å². The molecule has 5 nitrogen and oxygen atoms in total. The zero-order chi connectivity index (χ0) is 22.3. The van der Waals surface area contributed by atoms with Crippen LogP contribution in [0.4, 0.5) is 0 Å². The number of methoxy groups -OCH3 is 1. The average Bonchev–Trinajstić information content (AvgIpc) is 2.83. The van der Waals surface area contributed by atoms with E-state index in [0.717, 1.165) is 15.9 Å². The summed E-state index contributed by atoms with van der Waals surface area (Å²) in [7, 11) is 1.20. The number of carbonyl (C=O) groups is 3. The number of ketones is 1. The molecule has 0 aliphatic heterocycles. The van der Waals surface area contributed by atoms with Gasteiger partial charge in [0, 0.05) is 0 Å². The Morgan fingerprint density at radius 3 is 1.39 bits per heavy atom. The second kappa shape index (κ2) is 10.1. The standard InChI is InChI=1S/C25H23O5P/c1-3-30-24(27)22(26)23(25(28)29-2)31(19-13-7-4-8-14-19,20-15-9-5-10-16-20)21-17-11-6-12-18-21/h4-18H,3H2,1-2H3. The van der Waals surface area contributed by atoms with Crippen LogP contribution in [0.5, 0.6) is 0 Å².